The van der Waals surface area contributed by atoms with Gasteiger partial charge < -0.3 is 14.8 Å². The summed E-state index contributed by atoms with van der Waals surface area (Å²) in [5.74, 6) is -0.235. The van der Waals surface area contributed by atoms with Gasteiger partial charge in [-0.1, -0.05) is 24.6 Å². The second-order valence-corrected chi connectivity index (χ2v) is 8.08. The summed E-state index contributed by atoms with van der Waals surface area (Å²) in [7, 11) is -2.05. The van der Waals surface area contributed by atoms with Crippen molar-refractivity contribution in [2.24, 2.45) is 0 Å². The van der Waals surface area contributed by atoms with Crippen LogP contribution in [0.4, 0.5) is 0 Å². The Balaban J connectivity index is 1.90. The highest BCUT2D eigenvalue weighted by Gasteiger charge is 2.37. The van der Waals surface area contributed by atoms with E-state index in [0.29, 0.717) is 45.8 Å². The zero-order valence-corrected chi connectivity index (χ0v) is 16.0. The Morgan fingerprint density at radius 3 is 2.69 bits per heavy atom. The summed E-state index contributed by atoms with van der Waals surface area (Å²) in [6, 6.07) is 7.63. The molecule has 146 valence electrons. The monoisotopic (exact) mass is 384 g/mol. The predicted molar refractivity (Wildman–Crippen MR) is 98.3 cm³/mol. The fourth-order valence-corrected chi connectivity index (χ4v) is 4.61. The third-order valence-corrected chi connectivity index (χ3v) is 6.23. The van der Waals surface area contributed by atoms with E-state index in [9.17, 15) is 13.2 Å². The molecule has 1 aliphatic rings. The number of hydrogen-bond acceptors (Lipinski definition) is 5. The Morgan fingerprint density at radius 2 is 1.96 bits per heavy atom. The third-order valence-electron chi connectivity index (χ3n) is 4.30. The van der Waals surface area contributed by atoms with Crippen molar-refractivity contribution in [1.29, 1.82) is 0 Å². The van der Waals surface area contributed by atoms with E-state index in [4.69, 9.17) is 9.47 Å². The Labute approximate surface area is 155 Å². The molecule has 1 fully saturated rings. The Morgan fingerprint density at radius 1 is 1.19 bits per heavy atom. The van der Waals surface area contributed by atoms with Gasteiger partial charge in [0, 0.05) is 26.8 Å². The lowest BCUT2D eigenvalue weighted by atomic mass is 10.0. The number of rotatable bonds is 10. The average Bonchev–Trinajstić information content (AvgIpc) is 2.68. The van der Waals surface area contributed by atoms with E-state index in [0.717, 1.165) is 12.8 Å². The molecule has 0 bridgehead atoms. The Bertz CT molecular complexity index is 651. The minimum Gasteiger partial charge on any atom is -0.382 e. The van der Waals surface area contributed by atoms with Crippen LogP contribution in [0.5, 0.6) is 0 Å². The smallest absolute Gasteiger partial charge is 0.243 e. The molecule has 0 aromatic heterocycles. The maximum atomic E-state index is 12.9. The van der Waals surface area contributed by atoms with Gasteiger partial charge in [-0.15, -0.1) is 0 Å². The van der Waals surface area contributed by atoms with Crippen molar-refractivity contribution in [2.75, 3.05) is 40.0 Å². The summed E-state index contributed by atoms with van der Waals surface area (Å²) in [6.45, 7) is 2.42. The van der Waals surface area contributed by atoms with Gasteiger partial charge in [-0.3, -0.25) is 4.79 Å². The van der Waals surface area contributed by atoms with E-state index < -0.39 is 16.1 Å². The van der Waals surface area contributed by atoms with Crippen molar-refractivity contribution in [3.05, 3.63) is 30.3 Å². The SMILES string of the molecule is COCCOCCCNC(=O)C1CCCCN1S(=O)(=O)c1ccccc1. The van der Waals surface area contributed by atoms with Crippen LogP contribution in [-0.4, -0.2) is 64.7 Å². The van der Waals surface area contributed by atoms with Crippen molar-refractivity contribution in [1.82, 2.24) is 9.62 Å². The predicted octanol–water partition coefficient (Wildman–Crippen LogP) is 1.40. The maximum Gasteiger partial charge on any atom is 0.243 e. The van der Waals surface area contributed by atoms with Gasteiger partial charge in [-0.2, -0.15) is 4.31 Å². The van der Waals surface area contributed by atoms with Crippen LogP contribution in [0.1, 0.15) is 25.7 Å². The van der Waals surface area contributed by atoms with Crippen LogP contribution in [0, 0.1) is 0 Å². The first-order valence-corrected chi connectivity index (χ1v) is 10.4. The van der Waals surface area contributed by atoms with E-state index in [2.05, 4.69) is 5.32 Å². The number of ether oxygens (including phenoxy) is 2. The van der Waals surface area contributed by atoms with E-state index in [1.165, 1.54) is 4.31 Å². The van der Waals surface area contributed by atoms with Gasteiger partial charge in [0.2, 0.25) is 15.9 Å². The van der Waals surface area contributed by atoms with E-state index in [1.54, 1.807) is 37.4 Å². The minimum atomic E-state index is -3.67. The van der Waals surface area contributed by atoms with Crippen LogP contribution in [0.15, 0.2) is 35.2 Å². The van der Waals surface area contributed by atoms with Gasteiger partial charge in [0.05, 0.1) is 18.1 Å². The molecule has 0 radical (unpaired) electrons. The van der Waals surface area contributed by atoms with Gasteiger partial charge in [0.15, 0.2) is 0 Å². The topological polar surface area (TPSA) is 84.9 Å². The number of methoxy groups -OCH3 is 1. The molecule has 7 nitrogen and oxygen atoms in total. The summed E-state index contributed by atoms with van der Waals surface area (Å²) < 4.78 is 37.4. The third kappa shape index (κ3) is 5.77. The van der Waals surface area contributed by atoms with Gasteiger partial charge in [0.1, 0.15) is 6.04 Å². The minimum absolute atomic E-state index is 0.228. The van der Waals surface area contributed by atoms with Crippen molar-refractivity contribution in [2.45, 2.75) is 36.6 Å². The number of carbonyl (C=O) groups excluding carboxylic acids is 1. The number of sulfonamides is 1. The maximum absolute atomic E-state index is 12.9. The average molecular weight is 384 g/mol. The zero-order chi connectivity index (χ0) is 18.8. The van der Waals surface area contributed by atoms with Gasteiger partial charge in [-0.05, 0) is 31.4 Å². The number of nitrogens with one attached hydrogen (secondary N) is 1. The lowest BCUT2D eigenvalue weighted by Crippen LogP contribution is -2.51. The number of nitrogens with zero attached hydrogens (tertiary/aromatic N) is 1. The fraction of sp³-hybridized carbons (Fsp3) is 0.611. The van der Waals surface area contributed by atoms with E-state index >= 15 is 0 Å². The summed E-state index contributed by atoms with van der Waals surface area (Å²) in [5.41, 5.74) is 0. The van der Waals surface area contributed by atoms with Gasteiger partial charge in [0.25, 0.3) is 0 Å². The highest BCUT2D eigenvalue weighted by Crippen LogP contribution is 2.25. The highest BCUT2D eigenvalue weighted by atomic mass is 32.2. The number of hydrogen-bond donors (Lipinski definition) is 1. The molecule has 1 heterocycles. The first-order chi connectivity index (χ1) is 12.6. The highest BCUT2D eigenvalue weighted by molar-refractivity contribution is 7.89. The second-order valence-electron chi connectivity index (χ2n) is 6.19. The molecule has 1 N–H and O–H groups in total. The summed E-state index contributed by atoms with van der Waals surface area (Å²) in [6.07, 6.45) is 2.83. The van der Waals surface area contributed by atoms with Crippen molar-refractivity contribution < 1.29 is 22.7 Å². The van der Waals surface area contributed by atoms with E-state index in [-0.39, 0.29) is 10.8 Å². The van der Waals surface area contributed by atoms with Gasteiger partial charge >= 0.3 is 0 Å². The molecule has 1 saturated heterocycles. The van der Waals surface area contributed by atoms with Crippen LogP contribution in [0.25, 0.3) is 0 Å². The molecular formula is C18H28N2O5S. The van der Waals surface area contributed by atoms with E-state index in [1.807, 2.05) is 0 Å². The number of benzene rings is 1. The molecule has 8 heteroatoms. The number of amides is 1. The lowest BCUT2D eigenvalue weighted by molar-refractivity contribution is -0.125. The standard InChI is InChI=1S/C18H28N2O5S/c1-24-14-15-25-13-7-11-19-18(21)17-10-5-6-12-20(17)26(22,23)16-8-3-2-4-9-16/h2-4,8-9,17H,5-7,10-15H2,1H3,(H,19,21). The van der Waals surface area contributed by atoms with Crippen molar-refractivity contribution in [3.63, 3.8) is 0 Å². The molecular weight excluding hydrogens is 356 g/mol. The van der Waals surface area contributed by atoms with Crippen molar-refractivity contribution in [3.8, 4) is 0 Å². The molecule has 26 heavy (non-hydrogen) atoms. The van der Waals surface area contributed by atoms with Crippen LogP contribution in [0.3, 0.4) is 0 Å². The molecule has 1 aliphatic heterocycles. The molecule has 1 aromatic rings. The summed E-state index contributed by atoms with van der Waals surface area (Å²) in [4.78, 5) is 12.8. The molecule has 2 rings (SSSR count). The molecule has 1 aromatic carbocycles. The normalized spacial score (nSPS) is 18.6. The molecule has 1 amide bonds. The number of piperidine rings is 1. The molecule has 0 saturated carbocycles. The van der Waals surface area contributed by atoms with Crippen LogP contribution < -0.4 is 5.32 Å². The lowest BCUT2D eigenvalue weighted by Gasteiger charge is -2.33. The summed E-state index contributed by atoms with van der Waals surface area (Å²) in [5, 5.41) is 2.84. The first-order valence-electron chi connectivity index (χ1n) is 8.98. The zero-order valence-electron chi connectivity index (χ0n) is 15.2. The fourth-order valence-electron chi connectivity index (χ4n) is 2.93. The molecule has 1 unspecified atom stereocenters. The van der Waals surface area contributed by atoms with Crippen LogP contribution in [0.2, 0.25) is 0 Å². The van der Waals surface area contributed by atoms with Crippen LogP contribution >= 0.6 is 0 Å². The first kappa shape index (κ1) is 20.8. The molecule has 0 aliphatic carbocycles. The quantitative estimate of drug-likeness (QED) is 0.617. The van der Waals surface area contributed by atoms with Crippen molar-refractivity contribution >= 4 is 15.9 Å². The largest absolute Gasteiger partial charge is 0.382 e. The Kier molecular flexibility index (Phi) is 8.50. The summed E-state index contributed by atoms with van der Waals surface area (Å²) >= 11 is 0. The molecule has 1 atom stereocenters. The second kappa shape index (κ2) is 10.6. The van der Waals surface area contributed by atoms with Crippen LogP contribution in [-0.2, 0) is 24.3 Å². The number of carbonyl (C=O) groups is 1. The molecule has 0 spiro atoms. The Hall–Kier alpha value is -1.48. The van der Waals surface area contributed by atoms with Gasteiger partial charge in [-0.25, -0.2) is 8.42 Å².